The van der Waals surface area contributed by atoms with Gasteiger partial charge >= 0.3 is 0 Å². The van der Waals surface area contributed by atoms with Crippen LogP contribution in [0.25, 0.3) is 0 Å². The van der Waals surface area contributed by atoms with E-state index in [1.165, 1.54) is 4.90 Å². The van der Waals surface area contributed by atoms with E-state index in [-0.39, 0.29) is 12.5 Å². The van der Waals surface area contributed by atoms with Crippen LogP contribution in [0.3, 0.4) is 0 Å². The molecule has 0 radical (unpaired) electrons. The van der Waals surface area contributed by atoms with E-state index in [2.05, 4.69) is 9.88 Å². The predicted octanol–water partition coefficient (Wildman–Crippen LogP) is 0.746. The Hall–Kier alpha value is -1.62. The Morgan fingerprint density at radius 2 is 2.22 bits per heavy atom. The molecule has 1 aromatic heterocycles. The molecule has 0 spiro atoms. The highest BCUT2D eigenvalue weighted by atomic mass is 16.3. The normalized spacial score (nSPS) is 14.9. The van der Waals surface area contributed by atoms with Crippen molar-refractivity contribution in [3.8, 4) is 0 Å². The number of carbonyl (C=O) groups is 1. The smallest absolute Gasteiger partial charge is 0.257 e. The van der Waals surface area contributed by atoms with Crippen LogP contribution in [0.5, 0.6) is 0 Å². The summed E-state index contributed by atoms with van der Waals surface area (Å²) in [5, 5.41) is 8.89. The number of rotatable bonds is 4. The van der Waals surface area contributed by atoms with Crippen molar-refractivity contribution in [1.82, 2.24) is 9.88 Å². The molecule has 1 aromatic rings. The summed E-state index contributed by atoms with van der Waals surface area (Å²) in [5.41, 5.74) is 0.621. The van der Waals surface area contributed by atoms with Crippen LogP contribution in [-0.4, -0.2) is 54.2 Å². The van der Waals surface area contributed by atoms with Gasteiger partial charge < -0.3 is 14.9 Å². The number of aliphatic hydroxyl groups is 1. The summed E-state index contributed by atoms with van der Waals surface area (Å²) in [6, 6.07) is 3.58. The van der Waals surface area contributed by atoms with E-state index in [0.717, 1.165) is 31.7 Å². The second-order valence-electron chi connectivity index (χ2n) is 4.52. The minimum absolute atomic E-state index is 0.0262. The van der Waals surface area contributed by atoms with Gasteiger partial charge in [0.15, 0.2) is 0 Å². The van der Waals surface area contributed by atoms with Gasteiger partial charge in [-0.2, -0.15) is 0 Å². The first-order valence-corrected chi connectivity index (χ1v) is 6.30. The predicted molar refractivity (Wildman–Crippen MR) is 69.7 cm³/mol. The largest absolute Gasteiger partial charge is 0.395 e. The Morgan fingerprint density at radius 1 is 1.50 bits per heavy atom. The fraction of sp³-hybridized carbons (Fsp3) is 0.538. The van der Waals surface area contributed by atoms with Crippen molar-refractivity contribution in [3.63, 3.8) is 0 Å². The maximum absolute atomic E-state index is 12.3. The van der Waals surface area contributed by atoms with Crippen molar-refractivity contribution in [2.75, 3.05) is 38.2 Å². The number of anilines is 1. The third-order valence-electron chi connectivity index (χ3n) is 3.20. The van der Waals surface area contributed by atoms with Crippen molar-refractivity contribution in [3.05, 3.63) is 23.9 Å². The van der Waals surface area contributed by atoms with E-state index < -0.39 is 0 Å². The zero-order chi connectivity index (χ0) is 13.0. The topological polar surface area (TPSA) is 56.7 Å². The molecule has 0 aromatic carbocycles. The number of aliphatic hydroxyl groups excluding tert-OH is 1. The fourth-order valence-electron chi connectivity index (χ4n) is 2.20. The first-order valence-electron chi connectivity index (χ1n) is 6.30. The molecule has 1 N–H and O–H groups in total. The van der Waals surface area contributed by atoms with Crippen LogP contribution in [0.2, 0.25) is 0 Å². The van der Waals surface area contributed by atoms with Crippen LogP contribution in [0.4, 0.5) is 5.82 Å². The second kappa shape index (κ2) is 5.82. The van der Waals surface area contributed by atoms with Crippen molar-refractivity contribution in [1.29, 1.82) is 0 Å². The van der Waals surface area contributed by atoms with Crippen molar-refractivity contribution < 1.29 is 9.90 Å². The van der Waals surface area contributed by atoms with Gasteiger partial charge in [-0.05, 0) is 25.0 Å². The molecule has 1 aliphatic rings. The van der Waals surface area contributed by atoms with Crippen LogP contribution in [0.15, 0.2) is 18.3 Å². The second-order valence-corrected chi connectivity index (χ2v) is 4.52. The summed E-state index contributed by atoms with van der Waals surface area (Å²) in [6.07, 6.45) is 4.02. The Kier molecular flexibility index (Phi) is 4.15. The van der Waals surface area contributed by atoms with Gasteiger partial charge in [-0.15, -0.1) is 0 Å². The quantitative estimate of drug-likeness (QED) is 0.855. The zero-order valence-corrected chi connectivity index (χ0v) is 10.7. The summed E-state index contributed by atoms with van der Waals surface area (Å²) in [5.74, 6) is 0.684. The Bertz CT molecular complexity index is 416. The van der Waals surface area contributed by atoms with Gasteiger partial charge in [-0.3, -0.25) is 4.79 Å². The summed E-state index contributed by atoms with van der Waals surface area (Å²) >= 11 is 0. The Labute approximate surface area is 107 Å². The highest BCUT2D eigenvalue weighted by Gasteiger charge is 2.22. The average Bonchev–Trinajstić information content (AvgIpc) is 2.92. The molecule has 1 fully saturated rings. The van der Waals surface area contributed by atoms with Gasteiger partial charge in [-0.25, -0.2) is 4.98 Å². The number of aromatic nitrogens is 1. The molecular weight excluding hydrogens is 230 g/mol. The molecule has 2 heterocycles. The molecule has 5 nitrogen and oxygen atoms in total. The maximum Gasteiger partial charge on any atom is 0.257 e. The molecule has 1 amide bonds. The highest BCUT2D eigenvalue weighted by molar-refractivity contribution is 5.98. The number of hydrogen-bond acceptors (Lipinski definition) is 4. The molecular formula is C13H19N3O2. The minimum Gasteiger partial charge on any atom is -0.395 e. The lowest BCUT2D eigenvalue weighted by atomic mass is 10.2. The monoisotopic (exact) mass is 249 g/mol. The molecule has 0 bridgehead atoms. The van der Waals surface area contributed by atoms with Crippen molar-refractivity contribution in [2.45, 2.75) is 12.8 Å². The number of likely N-dealkylation sites (N-methyl/N-ethyl adjacent to an activating group) is 1. The van der Waals surface area contributed by atoms with E-state index in [1.807, 2.05) is 0 Å². The third-order valence-corrected chi connectivity index (χ3v) is 3.20. The van der Waals surface area contributed by atoms with Gasteiger partial charge in [0, 0.05) is 32.9 Å². The molecule has 1 aliphatic heterocycles. The fourth-order valence-corrected chi connectivity index (χ4v) is 2.20. The molecule has 0 atom stereocenters. The molecule has 1 saturated heterocycles. The van der Waals surface area contributed by atoms with E-state index in [1.54, 1.807) is 25.4 Å². The molecule has 0 unspecified atom stereocenters. The number of pyridine rings is 1. The van der Waals surface area contributed by atoms with E-state index in [4.69, 9.17) is 5.11 Å². The van der Waals surface area contributed by atoms with Crippen molar-refractivity contribution >= 4 is 11.7 Å². The number of hydrogen-bond donors (Lipinski definition) is 1. The lowest BCUT2D eigenvalue weighted by Gasteiger charge is -2.22. The Balaban J connectivity index is 2.23. The SMILES string of the molecule is CN(CCO)C(=O)c1cccnc1N1CCCC1. The maximum atomic E-state index is 12.3. The molecule has 0 saturated carbocycles. The molecule has 98 valence electrons. The first-order chi connectivity index (χ1) is 8.74. The Morgan fingerprint density at radius 3 is 2.89 bits per heavy atom. The van der Waals surface area contributed by atoms with Crippen LogP contribution in [-0.2, 0) is 0 Å². The van der Waals surface area contributed by atoms with Crippen molar-refractivity contribution in [2.24, 2.45) is 0 Å². The molecule has 2 rings (SSSR count). The van der Waals surface area contributed by atoms with Crippen LogP contribution in [0.1, 0.15) is 23.2 Å². The number of carbonyl (C=O) groups excluding carboxylic acids is 1. The lowest BCUT2D eigenvalue weighted by Crippen LogP contribution is -2.32. The number of amides is 1. The summed E-state index contributed by atoms with van der Waals surface area (Å²) in [7, 11) is 1.69. The molecule has 18 heavy (non-hydrogen) atoms. The van der Waals surface area contributed by atoms with Crippen LogP contribution in [0, 0.1) is 0 Å². The van der Waals surface area contributed by atoms with Gasteiger partial charge in [-0.1, -0.05) is 0 Å². The molecule has 5 heteroatoms. The van der Waals surface area contributed by atoms with Gasteiger partial charge in [0.2, 0.25) is 0 Å². The molecule has 0 aliphatic carbocycles. The zero-order valence-electron chi connectivity index (χ0n) is 10.7. The summed E-state index contributed by atoms with van der Waals surface area (Å²) in [4.78, 5) is 20.3. The van der Waals surface area contributed by atoms with Gasteiger partial charge in [0.25, 0.3) is 5.91 Å². The lowest BCUT2D eigenvalue weighted by molar-refractivity contribution is 0.0767. The van der Waals surface area contributed by atoms with Gasteiger partial charge in [0.05, 0.1) is 12.2 Å². The first kappa shape index (κ1) is 12.8. The summed E-state index contributed by atoms with van der Waals surface area (Å²) < 4.78 is 0. The van der Waals surface area contributed by atoms with E-state index in [9.17, 15) is 4.79 Å². The number of nitrogens with zero attached hydrogens (tertiary/aromatic N) is 3. The third kappa shape index (κ3) is 2.61. The standard InChI is InChI=1S/C13H19N3O2/c1-15(9-10-17)13(18)11-5-4-6-14-12(11)16-7-2-3-8-16/h4-6,17H,2-3,7-10H2,1H3. The highest BCUT2D eigenvalue weighted by Crippen LogP contribution is 2.22. The minimum atomic E-state index is -0.0842. The summed E-state index contributed by atoms with van der Waals surface area (Å²) in [6.45, 7) is 2.23. The van der Waals surface area contributed by atoms with E-state index in [0.29, 0.717) is 12.1 Å². The van der Waals surface area contributed by atoms with E-state index >= 15 is 0 Å². The van der Waals surface area contributed by atoms with Crippen LogP contribution >= 0.6 is 0 Å². The van der Waals surface area contributed by atoms with Crippen LogP contribution < -0.4 is 4.90 Å². The average molecular weight is 249 g/mol. The van der Waals surface area contributed by atoms with Gasteiger partial charge in [0.1, 0.15) is 5.82 Å².